The van der Waals surface area contributed by atoms with Gasteiger partial charge in [0, 0.05) is 31.1 Å². The third-order valence-corrected chi connectivity index (χ3v) is 7.95. The highest BCUT2D eigenvalue weighted by Crippen LogP contribution is 2.28. The summed E-state index contributed by atoms with van der Waals surface area (Å²) < 4.78 is 26.2. The summed E-state index contributed by atoms with van der Waals surface area (Å²) in [5, 5.41) is 2.85. The van der Waals surface area contributed by atoms with E-state index in [0.29, 0.717) is 22.9 Å². The van der Waals surface area contributed by atoms with Crippen LogP contribution in [0.2, 0.25) is 0 Å². The van der Waals surface area contributed by atoms with Crippen molar-refractivity contribution in [1.82, 2.24) is 9.21 Å². The Labute approximate surface area is 181 Å². The Kier molecular flexibility index (Phi) is 6.54. The largest absolute Gasteiger partial charge is 0.324 e. The van der Waals surface area contributed by atoms with Gasteiger partial charge in [-0.2, -0.15) is 0 Å². The number of carbonyl (C=O) groups is 2. The summed E-state index contributed by atoms with van der Waals surface area (Å²) in [5.41, 5.74) is 2.51. The minimum atomic E-state index is -3.64. The van der Waals surface area contributed by atoms with Crippen LogP contribution in [-0.2, 0) is 14.8 Å². The monoisotopic (exact) mass is 447 g/mol. The summed E-state index contributed by atoms with van der Waals surface area (Å²) in [4.78, 5) is 27.6. The fraction of sp³-hybridized carbons (Fsp3) is 0.333. The molecule has 0 aromatic heterocycles. The molecule has 2 aromatic rings. The maximum absolute atomic E-state index is 13.0. The molecule has 9 heteroatoms. The number of benzene rings is 2. The zero-order valence-corrected chi connectivity index (χ0v) is 19.0. The molecule has 0 saturated carbocycles. The third kappa shape index (κ3) is 4.38. The molecule has 0 spiro atoms. The van der Waals surface area contributed by atoms with Crippen molar-refractivity contribution >= 4 is 39.3 Å². The molecule has 1 atom stereocenters. The highest BCUT2D eigenvalue weighted by atomic mass is 32.2. The van der Waals surface area contributed by atoms with Crippen molar-refractivity contribution in [1.29, 1.82) is 0 Å². The van der Waals surface area contributed by atoms with Gasteiger partial charge in [0.2, 0.25) is 15.9 Å². The van der Waals surface area contributed by atoms with E-state index in [0.717, 1.165) is 15.4 Å². The molecule has 1 heterocycles. The van der Waals surface area contributed by atoms with Gasteiger partial charge in [0.05, 0.1) is 10.8 Å². The van der Waals surface area contributed by atoms with Crippen LogP contribution >= 0.6 is 11.8 Å². The molecule has 30 heavy (non-hydrogen) atoms. The zero-order valence-electron chi connectivity index (χ0n) is 17.4. The molecule has 160 valence electrons. The second-order valence-electron chi connectivity index (χ2n) is 7.35. The Morgan fingerprint density at radius 3 is 2.43 bits per heavy atom. The van der Waals surface area contributed by atoms with Gasteiger partial charge in [-0.1, -0.05) is 18.2 Å². The van der Waals surface area contributed by atoms with Gasteiger partial charge in [0.1, 0.15) is 6.04 Å². The predicted octanol–water partition coefficient (Wildman–Crippen LogP) is 2.71. The van der Waals surface area contributed by atoms with Crippen molar-refractivity contribution in [2.45, 2.75) is 24.8 Å². The van der Waals surface area contributed by atoms with E-state index in [9.17, 15) is 18.0 Å². The lowest BCUT2D eigenvalue weighted by Gasteiger charge is -2.24. The van der Waals surface area contributed by atoms with Crippen LogP contribution < -0.4 is 5.32 Å². The number of thioether (sulfide) groups is 1. The molecule has 1 fully saturated rings. The number of hydrogen-bond donors (Lipinski definition) is 1. The van der Waals surface area contributed by atoms with Crippen LogP contribution in [0.15, 0.2) is 47.4 Å². The number of rotatable bonds is 5. The maximum Gasteiger partial charge on any atom is 0.255 e. The fourth-order valence-electron chi connectivity index (χ4n) is 3.14. The van der Waals surface area contributed by atoms with Gasteiger partial charge in [0.25, 0.3) is 5.91 Å². The van der Waals surface area contributed by atoms with Gasteiger partial charge in [-0.25, -0.2) is 12.7 Å². The topological polar surface area (TPSA) is 86.8 Å². The maximum atomic E-state index is 13.0. The first-order valence-electron chi connectivity index (χ1n) is 9.41. The highest BCUT2D eigenvalue weighted by molar-refractivity contribution is 7.99. The average Bonchev–Trinajstić information content (AvgIpc) is 3.21. The van der Waals surface area contributed by atoms with Gasteiger partial charge in [-0.05, 0) is 49.2 Å². The van der Waals surface area contributed by atoms with Crippen LogP contribution in [0.25, 0.3) is 0 Å². The van der Waals surface area contributed by atoms with E-state index in [1.165, 1.54) is 31.9 Å². The number of amides is 2. The number of nitrogens with one attached hydrogen (secondary N) is 1. The van der Waals surface area contributed by atoms with Gasteiger partial charge < -0.3 is 10.2 Å². The number of aryl methyl sites for hydroxylation is 1. The van der Waals surface area contributed by atoms with Crippen LogP contribution in [0, 0.1) is 13.8 Å². The first-order valence-corrected chi connectivity index (χ1v) is 12.0. The Morgan fingerprint density at radius 1 is 1.13 bits per heavy atom. The summed E-state index contributed by atoms with van der Waals surface area (Å²) >= 11 is 1.51. The molecule has 1 aliphatic heterocycles. The van der Waals surface area contributed by atoms with E-state index in [1.807, 2.05) is 13.0 Å². The lowest BCUT2D eigenvalue weighted by atomic mass is 10.1. The first-order chi connectivity index (χ1) is 14.1. The Bertz CT molecular complexity index is 1070. The second-order valence-corrected chi connectivity index (χ2v) is 10.5. The standard InChI is InChI=1S/C21H25N3O4S2/c1-14-10-17(30(27,28)23(3)4)11-18(15(14)2)22-20(25)19-12-29-13-24(19)21(26)16-8-6-5-7-9-16/h5-11,19H,12-13H2,1-4H3,(H,22,25)/t19-/m0/s1. The van der Waals surface area contributed by atoms with Crippen LogP contribution in [-0.4, -0.2) is 61.2 Å². The van der Waals surface area contributed by atoms with E-state index < -0.39 is 16.1 Å². The molecular weight excluding hydrogens is 422 g/mol. The predicted molar refractivity (Wildman–Crippen MR) is 119 cm³/mol. The zero-order chi connectivity index (χ0) is 22.1. The third-order valence-electron chi connectivity index (χ3n) is 5.14. The number of carbonyl (C=O) groups excluding carboxylic acids is 2. The molecule has 0 bridgehead atoms. The normalized spacial score (nSPS) is 16.7. The molecule has 0 radical (unpaired) electrons. The number of hydrogen-bond acceptors (Lipinski definition) is 5. The van der Waals surface area contributed by atoms with Crippen LogP contribution in [0.4, 0.5) is 5.69 Å². The van der Waals surface area contributed by atoms with Crippen LogP contribution in [0.5, 0.6) is 0 Å². The van der Waals surface area contributed by atoms with Crippen molar-refractivity contribution < 1.29 is 18.0 Å². The first kappa shape index (κ1) is 22.3. The minimum Gasteiger partial charge on any atom is -0.324 e. The lowest BCUT2D eigenvalue weighted by molar-refractivity contribution is -0.119. The van der Waals surface area contributed by atoms with Crippen LogP contribution in [0.3, 0.4) is 0 Å². The molecule has 1 saturated heterocycles. The molecule has 0 unspecified atom stereocenters. The van der Waals surface area contributed by atoms with E-state index in [1.54, 1.807) is 42.2 Å². The Morgan fingerprint density at radius 2 is 1.80 bits per heavy atom. The van der Waals surface area contributed by atoms with Crippen molar-refractivity contribution in [3.8, 4) is 0 Å². The Hall–Kier alpha value is -2.36. The number of nitrogens with zero attached hydrogens (tertiary/aromatic N) is 2. The molecule has 2 amide bonds. The molecule has 2 aromatic carbocycles. The van der Waals surface area contributed by atoms with E-state index in [4.69, 9.17) is 0 Å². The summed E-state index contributed by atoms with van der Waals surface area (Å²) in [5.74, 6) is 0.389. The molecule has 0 aliphatic carbocycles. The summed E-state index contributed by atoms with van der Waals surface area (Å²) in [7, 11) is -0.713. The van der Waals surface area contributed by atoms with Gasteiger partial charge in [0.15, 0.2) is 0 Å². The summed E-state index contributed by atoms with van der Waals surface area (Å²) in [6.07, 6.45) is 0. The van der Waals surface area contributed by atoms with E-state index in [2.05, 4.69) is 5.32 Å². The van der Waals surface area contributed by atoms with Gasteiger partial charge in [-0.15, -0.1) is 11.8 Å². The lowest BCUT2D eigenvalue weighted by Crippen LogP contribution is -2.44. The van der Waals surface area contributed by atoms with Crippen molar-refractivity contribution in [3.63, 3.8) is 0 Å². The number of sulfonamides is 1. The average molecular weight is 448 g/mol. The van der Waals surface area contributed by atoms with Gasteiger partial charge >= 0.3 is 0 Å². The molecule has 7 nitrogen and oxygen atoms in total. The molecule has 3 rings (SSSR count). The molecule has 1 aliphatic rings. The van der Waals surface area contributed by atoms with E-state index in [-0.39, 0.29) is 16.7 Å². The van der Waals surface area contributed by atoms with Crippen molar-refractivity contribution in [2.75, 3.05) is 31.0 Å². The smallest absolute Gasteiger partial charge is 0.255 e. The highest BCUT2D eigenvalue weighted by Gasteiger charge is 2.35. The number of anilines is 1. The van der Waals surface area contributed by atoms with E-state index >= 15 is 0 Å². The van der Waals surface area contributed by atoms with Crippen LogP contribution in [0.1, 0.15) is 21.5 Å². The summed E-state index contributed by atoms with van der Waals surface area (Å²) in [6, 6.07) is 11.3. The van der Waals surface area contributed by atoms with Crippen molar-refractivity contribution in [3.05, 3.63) is 59.2 Å². The SMILES string of the molecule is Cc1cc(S(=O)(=O)N(C)C)cc(NC(=O)[C@@H]2CSCN2C(=O)c2ccccc2)c1C. The molecule has 1 N–H and O–H groups in total. The second kappa shape index (κ2) is 8.79. The fourth-order valence-corrected chi connectivity index (χ4v) is 5.31. The molecular formula is C21H25N3O4S2. The Balaban J connectivity index is 1.86. The summed E-state index contributed by atoms with van der Waals surface area (Å²) in [6.45, 7) is 3.63. The minimum absolute atomic E-state index is 0.115. The quantitative estimate of drug-likeness (QED) is 0.762. The van der Waals surface area contributed by atoms with Gasteiger partial charge in [-0.3, -0.25) is 9.59 Å². The van der Waals surface area contributed by atoms with Crippen molar-refractivity contribution in [2.24, 2.45) is 0 Å².